The van der Waals surface area contributed by atoms with Crippen LogP contribution in [0.3, 0.4) is 0 Å². The number of ether oxygens (including phenoxy) is 3. The lowest BCUT2D eigenvalue weighted by atomic mass is 9.84. The fourth-order valence-corrected chi connectivity index (χ4v) is 3.46. The Morgan fingerprint density at radius 2 is 2.10 bits per heavy atom. The number of aliphatic hydroxyl groups is 1. The minimum absolute atomic E-state index is 0.0724. The lowest BCUT2D eigenvalue weighted by Crippen LogP contribution is -2.50. The molecule has 0 bridgehead atoms. The van der Waals surface area contributed by atoms with Gasteiger partial charge in [0.15, 0.2) is 11.6 Å². The van der Waals surface area contributed by atoms with Crippen molar-refractivity contribution in [2.75, 3.05) is 20.3 Å². The third kappa shape index (κ3) is 4.70. The third-order valence-electron chi connectivity index (χ3n) is 5.01. The van der Waals surface area contributed by atoms with E-state index < -0.39 is 17.6 Å². The molecule has 0 fully saturated rings. The van der Waals surface area contributed by atoms with Crippen molar-refractivity contribution in [3.63, 3.8) is 0 Å². The van der Waals surface area contributed by atoms with Crippen molar-refractivity contribution in [1.82, 2.24) is 5.43 Å². The van der Waals surface area contributed by atoms with Crippen molar-refractivity contribution < 1.29 is 24.1 Å². The molecule has 1 aliphatic heterocycles. The average molecular weight is 425 g/mol. The number of hydrogen-bond donors (Lipinski definition) is 3. The van der Waals surface area contributed by atoms with Gasteiger partial charge in [-0.2, -0.15) is 0 Å². The smallest absolute Gasteiger partial charge is 0.266 e. The Bertz CT molecular complexity index is 944. The lowest BCUT2D eigenvalue weighted by molar-refractivity contribution is -0.128. The van der Waals surface area contributed by atoms with Gasteiger partial charge in [0.05, 0.1) is 13.7 Å². The number of carbonyl (C=O) groups is 1. The van der Waals surface area contributed by atoms with Crippen LogP contribution < -0.4 is 20.7 Å². The molecule has 1 aliphatic rings. The second kappa shape index (κ2) is 10.1. The van der Waals surface area contributed by atoms with Crippen molar-refractivity contribution in [3.05, 3.63) is 72.3 Å². The summed E-state index contributed by atoms with van der Waals surface area (Å²) in [6.07, 6.45) is 1.68. The van der Waals surface area contributed by atoms with E-state index in [0.717, 1.165) is 5.56 Å². The van der Waals surface area contributed by atoms with E-state index in [1.54, 1.807) is 37.5 Å². The van der Waals surface area contributed by atoms with Gasteiger partial charge < -0.3 is 19.3 Å². The van der Waals surface area contributed by atoms with Gasteiger partial charge in [-0.05, 0) is 42.0 Å². The molecule has 8 nitrogen and oxygen atoms in total. The number of benzene rings is 2. The molecular weight excluding hydrogens is 398 g/mol. The molecule has 8 heteroatoms. The van der Waals surface area contributed by atoms with Crippen LogP contribution in [0.5, 0.6) is 11.5 Å². The molecule has 0 radical (unpaired) electrons. The van der Waals surface area contributed by atoms with Crippen LogP contribution in [0.15, 0.2) is 66.2 Å². The molecule has 3 rings (SSSR count). The lowest BCUT2D eigenvalue weighted by Gasteiger charge is -2.29. The third-order valence-corrected chi connectivity index (χ3v) is 5.01. The first-order chi connectivity index (χ1) is 15.1. The molecular formula is C23H27N3O5. The first-order valence-electron chi connectivity index (χ1n) is 9.94. The number of amides is 1. The molecule has 0 aliphatic carbocycles. The standard InChI is InChI=1S/C23H27N3O5/c1-3-12-23(22(28)26-24)20(17-6-4-7-19(15-17)29-2)31-21(25-23)16-8-10-18(11-9-16)30-14-5-13-27/h3-4,6-11,15,20,27H,1,5,12-14,24H2,2H3,(H,26,28)/t20-,23-/m0/s1. The summed E-state index contributed by atoms with van der Waals surface area (Å²) >= 11 is 0. The number of carbonyl (C=O) groups excluding carboxylic acids is 1. The first kappa shape index (κ1) is 22.3. The molecule has 0 saturated carbocycles. The van der Waals surface area contributed by atoms with Crippen molar-refractivity contribution >= 4 is 11.8 Å². The van der Waals surface area contributed by atoms with Gasteiger partial charge in [-0.1, -0.05) is 18.2 Å². The van der Waals surface area contributed by atoms with Crippen molar-refractivity contribution in [3.8, 4) is 11.5 Å². The molecule has 1 heterocycles. The Labute approximate surface area is 181 Å². The zero-order valence-electron chi connectivity index (χ0n) is 17.4. The molecule has 1 amide bonds. The second-order valence-electron chi connectivity index (χ2n) is 7.03. The number of rotatable bonds is 10. The summed E-state index contributed by atoms with van der Waals surface area (Å²) in [6.45, 7) is 4.28. The van der Waals surface area contributed by atoms with Gasteiger partial charge in [-0.15, -0.1) is 6.58 Å². The molecule has 31 heavy (non-hydrogen) atoms. The number of aliphatic imine (C=N–C) groups is 1. The Morgan fingerprint density at radius 1 is 1.32 bits per heavy atom. The molecule has 0 saturated heterocycles. The van der Waals surface area contributed by atoms with E-state index in [1.165, 1.54) is 0 Å². The van der Waals surface area contributed by atoms with E-state index in [1.807, 2.05) is 24.3 Å². The Balaban J connectivity index is 1.97. The molecule has 2 aromatic rings. The van der Waals surface area contributed by atoms with Gasteiger partial charge in [-0.3, -0.25) is 10.2 Å². The van der Waals surface area contributed by atoms with Crippen LogP contribution in [0.4, 0.5) is 0 Å². The summed E-state index contributed by atoms with van der Waals surface area (Å²) in [6, 6.07) is 14.5. The first-order valence-corrected chi connectivity index (χ1v) is 9.94. The number of hydrazine groups is 1. The maximum atomic E-state index is 12.9. The van der Waals surface area contributed by atoms with Gasteiger partial charge in [0.25, 0.3) is 5.91 Å². The molecule has 4 N–H and O–H groups in total. The van der Waals surface area contributed by atoms with Gasteiger partial charge in [0, 0.05) is 25.0 Å². The fraction of sp³-hybridized carbons (Fsp3) is 0.304. The van der Waals surface area contributed by atoms with Crippen LogP contribution >= 0.6 is 0 Å². The molecule has 0 aromatic heterocycles. The number of hydrogen-bond acceptors (Lipinski definition) is 7. The Hall–Kier alpha value is -3.36. The number of nitrogens with zero attached hydrogens (tertiary/aromatic N) is 1. The van der Waals surface area contributed by atoms with E-state index in [2.05, 4.69) is 17.0 Å². The highest BCUT2D eigenvalue weighted by atomic mass is 16.5. The average Bonchev–Trinajstić information content (AvgIpc) is 3.20. The molecule has 2 atom stereocenters. The van der Waals surface area contributed by atoms with Crippen molar-refractivity contribution in [1.29, 1.82) is 0 Å². The van der Waals surface area contributed by atoms with Gasteiger partial charge in [0.2, 0.25) is 5.90 Å². The van der Waals surface area contributed by atoms with E-state index >= 15 is 0 Å². The zero-order chi connectivity index (χ0) is 22.3. The summed E-state index contributed by atoms with van der Waals surface area (Å²) < 4.78 is 17.1. The number of aliphatic hydroxyl groups excluding tert-OH is 1. The van der Waals surface area contributed by atoms with Crippen molar-refractivity contribution in [2.24, 2.45) is 10.8 Å². The topological polar surface area (TPSA) is 115 Å². The number of nitrogens with two attached hydrogens (primary N) is 1. The summed E-state index contributed by atoms with van der Waals surface area (Å²) in [5.74, 6) is 6.66. The fourth-order valence-electron chi connectivity index (χ4n) is 3.46. The van der Waals surface area contributed by atoms with Crippen LogP contribution in [0.1, 0.15) is 30.1 Å². The number of methoxy groups -OCH3 is 1. The summed E-state index contributed by atoms with van der Waals surface area (Å²) in [5.41, 5.74) is 2.34. The summed E-state index contributed by atoms with van der Waals surface area (Å²) in [4.78, 5) is 17.6. The highest BCUT2D eigenvalue weighted by molar-refractivity contribution is 6.01. The van der Waals surface area contributed by atoms with E-state index in [4.69, 9.17) is 25.2 Å². The largest absolute Gasteiger partial charge is 0.497 e. The second-order valence-corrected chi connectivity index (χ2v) is 7.03. The monoisotopic (exact) mass is 425 g/mol. The maximum Gasteiger partial charge on any atom is 0.266 e. The van der Waals surface area contributed by atoms with Gasteiger partial charge >= 0.3 is 0 Å². The van der Waals surface area contributed by atoms with Crippen LogP contribution in [-0.2, 0) is 9.53 Å². The van der Waals surface area contributed by atoms with Crippen LogP contribution in [-0.4, -0.2) is 42.8 Å². The SMILES string of the molecule is C=CC[C@]1(C(=O)NN)N=C(c2ccc(OCCCO)cc2)O[C@H]1c1cccc(OC)c1. The summed E-state index contributed by atoms with van der Waals surface area (Å²) in [5, 5.41) is 8.87. The van der Waals surface area contributed by atoms with Crippen LogP contribution in [0.25, 0.3) is 0 Å². The quantitative estimate of drug-likeness (QED) is 0.177. The molecule has 0 spiro atoms. The predicted molar refractivity (Wildman–Crippen MR) is 117 cm³/mol. The van der Waals surface area contributed by atoms with Crippen LogP contribution in [0, 0.1) is 0 Å². The summed E-state index contributed by atoms with van der Waals surface area (Å²) in [7, 11) is 1.57. The normalized spacial score (nSPS) is 19.8. The van der Waals surface area contributed by atoms with E-state index in [9.17, 15) is 4.79 Å². The van der Waals surface area contributed by atoms with Crippen LogP contribution in [0.2, 0.25) is 0 Å². The minimum Gasteiger partial charge on any atom is -0.497 e. The molecule has 164 valence electrons. The minimum atomic E-state index is -1.31. The Morgan fingerprint density at radius 3 is 2.74 bits per heavy atom. The Kier molecular flexibility index (Phi) is 7.28. The van der Waals surface area contributed by atoms with E-state index in [-0.39, 0.29) is 13.0 Å². The molecule has 0 unspecified atom stereocenters. The van der Waals surface area contributed by atoms with E-state index in [0.29, 0.717) is 36.0 Å². The maximum absolute atomic E-state index is 12.9. The zero-order valence-corrected chi connectivity index (χ0v) is 17.4. The van der Waals surface area contributed by atoms with Crippen molar-refractivity contribution in [2.45, 2.75) is 24.5 Å². The number of nitrogens with one attached hydrogen (secondary N) is 1. The highest BCUT2D eigenvalue weighted by Gasteiger charge is 2.52. The van der Waals surface area contributed by atoms with Gasteiger partial charge in [0.1, 0.15) is 11.5 Å². The highest BCUT2D eigenvalue weighted by Crippen LogP contribution is 2.43. The molecule has 2 aromatic carbocycles. The van der Waals surface area contributed by atoms with Gasteiger partial charge in [-0.25, -0.2) is 10.8 Å². The predicted octanol–water partition coefficient (Wildman–Crippen LogP) is 2.28.